The van der Waals surface area contributed by atoms with Crippen LogP contribution in [0.2, 0.25) is 0 Å². The molecule has 0 bridgehead atoms. The Morgan fingerprint density at radius 3 is 3.18 bits per heavy atom. The zero-order valence-corrected chi connectivity index (χ0v) is 11.5. The highest BCUT2D eigenvalue weighted by molar-refractivity contribution is 9.10. The first-order valence-electron chi connectivity index (χ1n) is 5.32. The van der Waals surface area contributed by atoms with Crippen LogP contribution in [0.25, 0.3) is 0 Å². The molecule has 0 unspecified atom stereocenters. The summed E-state index contributed by atoms with van der Waals surface area (Å²) < 4.78 is 0.790. The fourth-order valence-electron chi connectivity index (χ4n) is 2.02. The van der Waals surface area contributed by atoms with Gasteiger partial charge in [-0.2, -0.15) is 0 Å². The van der Waals surface area contributed by atoms with E-state index >= 15 is 0 Å². The summed E-state index contributed by atoms with van der Waals surface area (Å²) in [6, 6.07) is 2.19. The number of nitrogens with two attached hydrogens (primary N) is 1. The topological polar surface area (TPSA) is 55.0 Å². The van der Waals surface area contributed by atoms with Crippen LogP contribution >= 0.6 is 27.3 Å². The van der Waals surface area contributed by atoms with Gasteiger partial charge in [0.15, 0.2) is 0 Å². The molecule has 0 saturated carbocycles. The molecule has 0 amide bonds. The Morgan fingerprint density at radius 2 is 2.29 bits per heavy atom. The molecule has 17 heavy (non-hydrogen) atoms. The molecule has 1 aliphatic heterocycles. The highest BCUT2D eigenvalue weighted by Crippen LogP contribution is 2.32. The predicted octanol–water partition coefficient (Wildman–Crippen LogP) is 2.45. The van der Waals surface area contributed by atoms with E-state index in [-0.39, 0.29) is 0 Å². The summed E-state index contributed by atoms with van der Waals surface area (Å²) in [4.78, 5) is 12.0. The summed E-state index contributed by atoms with van der Waals surface area (Å²) >= 11 is 5.29. The van der Waals surface area contributed by atoms with Crippen LogP contribution in [0, 0.1) is 0 Å². The van der Waals surface area contributed by atoms with Gasteiger partial charge in [-0.1, -0.05) is 0 Å². The van der Waals surface area contributed by atoms with Gasteiger partial charge in [-0.25, -0.2) is 9.97 Å². The molecule has 0 aromatic carbocycles. The Labute approximate surface area is 112 Å². The zero-order chi connectivity index (χ0) is 11.8. The lowest BCUT2D eigenvalue weighted by atomic mass is 10.1. The van der Waals surface area contributed by atoms with Crippen LogP contribution in [0.4, 0.5) is 11.6 Å². The largest absolute Gasteiger partial charge is 0.383 e. The minimum atomic E-state index is 0.492. The van der Waals surface area contributed by atoms with Crippen molar-refractivity contribution in [2.75, 3.05) is 17.2 Å². The molecule has 0 saturated heterocycles. The average Bonchev–Trinajstić information content (AvgIpc) is 2.79. The van der Waals surface area contributed by atoms with Gasteiger partial charge >= 0.3 is 0 Å². The third-order valence-electron chi connectivity index (χ3n) is 2.91. The summed E-state index contributed by atoms with van der Waals surface area (Å²) in [6.45, 7) is 1.87. The molecular formula is C11H11BrN4S. The maximum atomic E-state index is 5.78. The molecule has 2 aromatic rings. The Hall–Kier alpha value is -1.14. The minimum absolute atomic E-state index is 0.492. The molecule has 4 nitrogen and oxygen atoms in total. The van der Waals surface area contributed by atoms with Gasteiger partial charge in [-0.15, -0.1) is 11.3 Å². The van der Waals surface area contributed by atoms with Gasteiger partial charge in [-0.05, 0) is 39.4 Å². The summed E-state index contributed by atoms with van der Waals surface area (Å²) in [5.41, 5.74) is 7.17. The number of anilines is 2. The lowest BCUT2D eigenvalue weighted by Gasteiger charge is -2.28. The highest BCUT2D eigenvalue weighted by Gasteiger charge is 2.20. The van der Waals surface area contributed by atoms with Gasteiger partial charge in [0.05, 0.1) is 0 Å². The number of nitrogen functional groups attached to an aromatic ring is 1. The zero-order valence-electron chi connectivity index (χ0n) is 9.06. The van der Waals surface area contributed by atoms with Crippen molar-refractivity contribution in [3.63, 3.8) is 0 Å². The van der Waals surface area contributed by atoms with Gasteiger partial charge in [0.2, 0.25) is 0 Å². The van der Waals surface area contributed by atoms with Crippen molar-refractivity contribution in [3.05, 3.63) is 32.7 Å². The van der Waals surface area contributed by atoms with Crippen LogP contribution in [0.3, 0.4) is 0 Å². The minimum Gasteiger partial charge on any atom is -0.383 e. The fraction of sp³-hybridized carbons (Fsp3) is 0.273. The number of halogens is 1. The van der Waals surface area contributed by atoms with E-state index in [1.807, 2.05) is 11.3 Å². The second kappa shape index (κ2) is 4.27. The average molecular weight is 311 g/mol. The van der Waals surface area contributed by atoms with Crippen LogP contribution in [0.5, 0.6) is 0 Å². The smallest absolute Gasteiger partial charge is 0.148 e. The van der Waals surface area contributed by atoms with Gasteiger partial charge in [-0.3, -0.25) is 0 Å². The number of hydrogen-bond acceptors (Lipinski definition) is 5. The first kappa shape index (κ1) is 11.0. The summed E-state index contributed by atoms with van der Waals surface area (Å²) in [7, 11) is 0. The second-order valence-electron chi connectivity index (χ2n) is 3.94. The Bertz CT molecular complexity index is 554. The van der Waals surface area contributed by atoms with Gasteiger partial charge in [0.1, 0.15) is 22.4 Å². The lowest BCUT2D eigenvalue weighted by Crippen LogP contribution is -2.30. The standard InChI is InChI=1S/C11H11BrN4S/c12-9-10(13)14-6-15-11(9)16-3-1-8-7(5-16)2-4-17-8/h2,4,6H,1,3,5H2,(H2,13,14,15). The number of fused-ring (bicyclic) bond motifs is 1. The second-order valence-corrected chi connectivity index (χ2v) is 5.73. The Kier molecular flexibility index (Phi) is 2.76. The van der Waals surface area contributed by atoms with E-state index in [0.717, 1.165) is 29.8 Å². The number of thiophene rings is 1. The first-order chi connectivity index (χ1) is 8.25. The molecule has 3 heterocycles. The molecule has 1 aliphatic rings. The molecule has 0 spiro atoms. The molecule has 0 atom stereocenters. The molecule has 88 valence electrons. The van der Waals surface area contributed by atoms with Gasteiger partial charge < -0.3 is 10.6 Å². The van der Waals surface area contributed by atoms with E-state index in [2.05, 4.69) is 42.2 Å². The van der Waals surface area contributed by atoms with E-state index in [9.17, 15) is 0 Å². The van der Waals surface area contributed by atoms with Crippen molar-refractivity contribution in [1.82, 2.24) is 9.97 Å². The predicted molar refractivity (Wildman–Crippen MR) is 73.2 cm³/mol. The van der Waals surface area contributed by atoms with Crippen LogP contribution in [-0.4, -0.2) is 16.5 Å². The molecule has 0 fully saturated rings. The van der Waals surface area contributed by atoms with Crippen molar-refractivity contribution in [3.8, 4) is 0 Å². The highest BCUT2D eigenvalue weighted by atomic mass is 79.9. The first-order valence-corrected chi connectivity index (χ1v) is 6.99. The number of aromatic nitrogens is 2. The van der Waals surface area contributed by atoms with Crippen molar-refractivity contribution in [2.24, 2.45) is 0 Å². The van der Waals surface area contributed by atoms with E-state index in [4.69, 9.17) is 5.73 Å². The van der Waals surface area contributed by atoms with E-state index < -0.39 is 0 Å². The van der Waals surface area contributed by atoms with Crippen LogP contribution in [0.15, 0.2) is 22.2 Å². The third kappa shape index (κ3) is 1.91. The monoisotopic (exact) mass is 310 g/mol. The summed E-state index contributed by atoms with van der Waals surface area (Å²) in [5.74, 6) is 1.38. The maximum Gasteiger partial charge on any atom is 0.148 e. The van der Waals surface area contributed by atoms with Gasteiger partial charge in [0, 0.05) is 18.0 Å². The van der Waals surface area contributed by atoms with E-state index in [0.29, 0.717) is 5.82 Å². The van der Waals surface area contributed by atoms with Crippen molar-refractivity contribution >= 4 is 38.9 Å². The van der Waals surface area contributed by atoms with Crippen LogP contribution in [-0.2, 0) is 13.0 Å². The number of rotatable bonds is 1. The van der Waals surface area contributed by atoms with Crippen molar-refractivity contribution < 1.29 is 0 Å². The molecular weight excluding hydrogens is 300 g/mol. The van der Waals surface area contributed by atoms with Gasteiger partial charge in [0.25, 0.3) is 0 Å². The fourth-order valence-corrected chi connectivity index (χ4v) is 3.37. The molecule has 3 rings (SSSR count). The SMILES string of the molecule is Nc1ncnc(N2CCc3sccc3C2)c1Br. The van der Waals surface area contributed by atoms with Crippen LogP contribution in [0.1, 0.15) is 10.4 Å². The lowest BCUT2D eigenvalue weighted by molar-refractivity contribution is 0.728. The molecule has 2 aromatic heterocycles. The quantitative estimate of drug-likeness (QED) is 0.879. The molecule has 0 aliphatic carbocycles. The third-order valence-corrected chi connectivity index (χ3v) is 4.69. The van der Waals surface area contributed by atoms with E-state index in [1.54, 1.807) is 0 Å². The summed E-state index contributed by atoms with van der Waals surface area (Å²) in [5, 5.41) is 2.15. The maximum absolute atomic E-state index is 5.78. The van der Waals surface area contributed by atoms with Crippen molar-refractivity contribution in [1.29, 1.82) is 0 Å². The Balaban J connectivity index is 1.94. The van der Waals surface area contributed by atoms with Crippen LogP contribution < -0.4 is 10.6 Å². The number of hydrogen-bond donors (Lipinski definition) is 1. The van der Waals surface area contributed by atoms with Crippen molar-refractivity contribution in [2.45, 2.75) is 13.0 Å². The summed E-state index contributed by atoms with van der Waals surface area (Å²) in [6.07, 6.45) is 2.59. The Morgan fingerprint density at radius 1 is 1.41 bits per heavy atom. The molecule has 2 N–H and O–H groups in total. The molecule has 6 heteroatoms. The van der Waals surface area contributed by atoms with E-state index in [1.165, 1.54) is 16.8 Å². The number of nitrogens with zero attached hydrogens (tertiary/aromatic N) is 3. The normalized spacial score (nSPS) is 14.8. The molecule has 0 radical (unpaired) electrons.